The molecule has 0 bridgehead atoms. The minimum atomic E-state index is -1.04. The van der Waals surface area contributed by atoms with Crippen molar-refractivity contribution in [3.63, 3.8) is 0 Å². The molecular weight excluding hydrogens is 385 g/mol. The van der Waals surface area contributed by atoms with Gasteiger partial charge >= 0.3 is 6.03 Å². The van der Waals surface area contributed by atoms with Gasteiger partial charge in [-0.15, -0.1) is 5.01 Å². The van der Waals surface area contributed by atoms with Gasteiger partial charge in [0.25, 0.3) is 5.91 Å². The normalized spacial score (nSPS) is 18.9. The number of benzene rings is 2. The monoisotopic (exact) mass is 405 g/mol. The maximum atomic E-state index is 13.9. The van der Waals surface area contributed by atoms with Gasteiger partial charge in [0.05, 0.1) is 11.8 Å². The number of furan rings is 1. The Bertz CT molecular complexity index is 1110. The van der Waals surface area contributed by atoms with E-state index in [1.54, 1.807) is 37.3 Å². The van der Waals surface area contributed by atoms with E-state index < -0.39 is 23.3 Å². The SMILES string of the molecule is C[C@@]1(CCc2ccccc2)NC(=O)N(/N=C\c2ccc(-c3ccccc3F)o2)C1=O. The number of carbonyl (C=O) groups is 2. The van der Waals surface area contributed by atoms with Crippen molar-refractivity contribution < 1.29 is 18.4 Å². The summed E-state index contributed by atoms with van der Waals surface area (Å²) in [6.45, 7) is 1.69. The molecular formula is C23H20FN3O3. The first-order valence-corrected chi connectivity index (χ1v) is 9.56. The predicted octanol–water partition coefficient (Wildman–Crippen LogP) is 4.36. The number of urea groups is 1. The zero-order valence-electron chi connectivity index (χ0n) is 16.3. The topological polar surface area (TPSA) is 74.9 Å². The molecule has 0 saturated carbocycles. The Hall–Kier alpha value is -3.74. The number of halogens is 1. The van der Waals surface area contributed by atoms with Gasteiger partial charge in [0.15, 0.2) is 0 Å². The maximum Gasteiger partial charge on any atom is 0.346 e. The standard InChI is InChI=1S/C23H20FN3O3/c1-23(14-13-16-7-3-2-4-8-16)21(28)27(22(29)26-23)25-15-17-11-12-20(30-17)18-9-5-6-10-19(18)24/h2-12,15H,13-14H2,1H3,(H,26,29)/b25-15-/t23-/m0/s1. The summed E-state index contributed by atoms with van der Waals surface area (Å²) in [6, 6.07) is 18.6. The summed E-state index contributed by atoms with van der Waals surface area (Å²) < 4.78 is 19.5. The van der Waals surface area contributed by atoms with Crippen LogP contribution in [0, 0.1) is 5.82 Å². The summed E-state index contributed by atoms with van der Waals surface area (Å²) in [4.78, 5) is 25.1. The van der Waals surface area contributed by atoms with Crippen LogP contribution in [0.1, 0.15) is 24.7 Å². The van der Waals surface area contributed by atoms with E-state index in [-0.39, 0.29) is 0 Å². The number of rotatable bonds is 6. The molecule has 1 aliphatic heterocycles. The van der Waals surface area contributed by atoms with Crippen molar-refractivity contribution in [2.24, 2.45) is 5.10 Å². The van der Waals surface area contributed by atoms with E-state index in [1.807, 2.05) is 30.3 Å². The van der Waals surface area contributed by atoms with E-state index in [0.717, 1.165) is 10.6 Å². The van der Waals surface area contributed by atoms with Crippen LogP contribution >= 0.6 is 0 Å². The molecule has 30 heavy (non-hydrogen) atoms. The predicted molar refractivity (Wildman–Crippen MR) is 110 cm³/mol. The van der Waals surface area contributed by atoms with Gasteiger partial charge in [-0.25, -0.2) is 9.18 Å². The van der Waals surface area contributed by atoms with Gasteiger partial charge in [-0.3, -0.25) is 4.79 Å². The Balaban J connectivity index is 1.46. The van der Waals surface area contributed by atoms with Crippen LogP contribution in [-0.2, 0) is 11.2 Å². The number of hydrazone groups is 1. The number of hydrogen-bond donors (Lipinski definition) is 1. The summed E-state index contributed by atoms with van der Waals surface area (Å²) >= 11 is 0. The highest BCUT2D eigenvalue weighted by Crippen LogP contribution is 2.25. The fourth-order valence-corrected chi connectivity index (χ4v) is 3.32. The van der Waals surface area contributed by atoms with Gasteiger partial charge in [0, 0.05) is 0 Å². The molecule has 4 rings (SSSR count). The molecule has 1 aliphatic rings. The Morgan fingerprint density at radius 2 is 1.80 bits per heavy atom. The van der Waals surface area contributed by atoms with Crippen LogP contribution in [-0.4, -0.2) is 28.7 Å². The largest absolute Gasteiger partial charge is 0.455 e. The van der Waals surface area contributed by atoms with Crippen molar-refractivity contribution in [3.8, 4) is 11.3 Å². The van der Waals surface area contributed by atoms with Crippen molar-refractivity contribution in [1.29, 1.82) is 0 Å². The highest BCUT2D eigenvalue weighted by Gasteiger charge is 2.47. The van der Waals surface area contributed by atoms with Gasteiger partial charge in [0.2, 0.25) is 0 Å². The smallest absolute Gasteiger partial charge is 0.346 e. The number of amides is 3. The second-order valence-electron chi connectivity index (χ2n) is 7.29. The fourth-order valence-electron chi connectivity index (χ4n) is 3.32. The number of nitrogens with zero attached hydrogens (tertiary/aromatic N) is 2. The molecule has 2 aromatic carbocycles. The molecule has 0 radical (unpaired) electrons. The van der Waals surface area contributed by atoms with E-state index in [1.165, 1.54) is 12.3 Å². The van der Waals surface area contributed by atoms with Crippen molar-refractivity contribution in [2.45, 2.75) is 25.3 Å². The van der Waals surface area contributed by atoms with E-state index >= 15 is 0 Å². The number of nitrogens with one attached hydrogen (secondary N) is 1. The third-order valence-corrected chi connectivity index (χ3v) is 5.06. The molecule has 2 heterocycles. The quantitative estimate of drug-likeness (QED) is 0.489. The minimum Gasteiger partial charge on any atom is -0.455 e. The lowest BCUT2D eigenvalue weighted by Crippen LogP contribution is -2.44. The summed E-state index contributed by atoms with van der Waals surface area (Å²) in [5, 5.41) is 7.52. The minimum absolute atomic E-state index is 0.298. The van der Waals surface area contributed by atoms with Crippen LogP contribution in [0.15, 0.2) is 76.2 Å². The highest BCUT2D eigenvalue weighted by molar-refractivity contribution is 6.07. The summed E-state index contributed by atoms with van der Waals surface area (Å²) in [5.41, 5.74) is 0.366. The molecule has 1 saturated heterocycles. The van der Waals surface area contributed by atoms with Crippen LogP contribution in [0.2, 0.25) is 0 Å². The number of hydrogen-bond acceptors (Lipinski definition) is 4. The van der Waals surface area contributed by atoms with E-state index in [0.29, 0.717) is 29.9 Å². The number of imide groups is 1. The van der Waals surface area contributed by atoms with Gasteiger partial charge in [-0.05, 0) is 49.6 Å². The third-order valence-electron chi connectivity index (χ3n) is 5.06. The lowest BCUT2D eigenvalue weighted by molar-refractivity contribution is -0.130. The second-order valence-corrected chi connectivity index (χ2v) is 7.29. The van der Waals surface area contributed by atoms with E-state index in [2.05, 4.69) is 10.4 Å². The van der Waals surface area contributed by atoms with Gasteiger partial charge in [0.1, 0.15) is 22.9 Å². The summed E-state index contributed by atoms with van der Waals surface area (Å²) in [5.74, 6) is -0.203. The first kappa shape index (κ1) is 19.6. The van der Waals surface area contributed by atoms with Gasteiger partial charge in [-0.2, -0.15) is 5.10 Å². The van der Waals surface area contributed by atoms with Crippen molar-refractivity contribution in [2.75, 3.05) is 0 Å². The zero-order chi connectivity index (χ0) is 21.1. The average Bonchev–Trinajstić information content (AvgIpc) is 3.29. The molecule has 3 amide bonds. The lowest BCUT2D eigenvalue weighted by Gasteiger charge is -2.20. The van der Waals surface area contributed by atoms with Crippen molar-refractivity contribution in [3.05, 3.63) is 83.9 Å². The Morgan fingerprint density at radius 3 is 2.57 bits per heavy atom. The molecule has 0 unspecified atom stereocenters. The second kappa shape index (κ2) is 7.94. The fraction of sp³-hybridized carbons (Fsp3) is 0.174. The van der Waals surface area contributed by atoms with E-state index in [9.17, 15) is 14.0 Å². The Labute approximate surface area is 173 Å². The molecule has 1 fully saturated rings. The summed E-state index contributed by atoms with van der Waals surface area (Å²) in [6.07, 6.45) is 2.36. The Morgan fingerprint density at radius 1 is 1.07 bits per heavy atom. The van der Waals surface area contributed by atoms with Gasteiger partial charge in [-0.1, -0.05) is 42.5 Å². The lowest BCUT2D eigenvalue weighted by atomic mass is 9.93. The van der Waals surface area contributed by atoms with Gasteiger partial charge < -0.3 is 9.73 Å². The number of carbonyl (C=O) groups excluding carboxylic acids is 2. The van der Waals surface area contributed by atoms with Crippen molar-refractivity contribution in [1.82, 2.24) is 10.3 Å². The third kappa shape index (κ3) is 3.87. The molecule has 0 aliphatic carbocycles. The molecule has 6 nitrogen and oxygen atoms in total. The molecule has 7 heteroatoms. The molecule has 0 spiro atoms. The average molecular weight is 405 g/mol. The van der Waals surface area contributed by atoms with Crippen LogP contribution in [0.3, 0.4) is 0 Å². The van der Waals surface area contributed by atoms with Crippen LogP contribution < -0.4 is 5.32 Å². The van der Waals surface area contributed by atoms with E-state index in [4.69, 9.17) is 4.42 Å². The Kier molecular flexibility index (Phi) is 5.18. The highest BCUT2D eigenvalue weighted by atomic mass is 19.1. The first-order valence-electron chi connectivity index (χ1n) is 9.56. The van der Waals surface area contributed by atoms with Crippen LogP contribution in [0.5, 0.6) is 0 Å². The molecule has 1 atom stereocenters. The zero-order valence-corrected chi connectivity index (χ0v) is 16.3. The maximum absolute atomic E-state index is 13.9. The molecule has 152 valence electrons. The first-order chi connectivity index (χ1) is 14.5. The molecule has 1 aromatic heterocycles. The molecule has 3 aromatic rings. The van der Waals surface area contributed by atoms with Crippen molar-refractivity contribution >= 4 is 18.2 Å². The molecule has 1 N–H and O–H groups in total. The van der Waals surface area contributed by atoms with Crippen LogP contribution in [0.4, 0.5) is 9.18 Å². The summed E-state index contributed by atoms with van der Waals surface area (Å²) in [7, 11) is 0. The van der Waals surface area contributed by atoms with Crippen LogP contribution in [0.25, 0.3) is 11.3 Å². The number of aryl methyl sites for hydroxylation is 1.